The Morgan fingerprint density at radius 3 is 2.48 bits per heavy atom. The van der Waals surface area contributed by atoms with Crippen molar-refractivity contribution in [1.82, 2.24) is 15.3 Å². The highest BCUT2D eigenvalue weighted by molar-refractivity contribution is 5.40. The van der Waals surface area contributed by atoms with E-state index < -0.39 is 0 Å². The van der Waals surface area contributed by atoms with Crippen molar-refractivity contribution in [2.45, 2.75) is 63.8 Å². The number of anilines is 1. The maximum absolute atomic E-state index is 5.05. The van der Waals surface area contributed by atoms with Gasteiger partial charge in [0.15, 0.2) is 0 Å². The fourth-order valence-corrected chi connectivity index (χ4v) is 3.79. The van der Waals surface area contributed by atoms with Crippen LogP contribution in [0.15, 0.2) is 0 Å². The van der Waals surface area contributed by atoms with Gasteiger partial charge in [0.1, 0.15) is 0 Å². The van der Waals surface area contributed by atoms with Gasteiger partial charge in [-0.15, -0.1) is 0 Å². The van der Waals surface area contributed by atoms with Crippen LogP contribution >= 0.6 is 0 Å². The molecule has 1 N–H and O–H groups in total. The number of rotatable bonds is 2. The number of fused-ring (bicyclic) bond motifs is 1. The molecule has 1 saturated heterocycles. The maximum Gasteiger partial charge on any atom is 0.225 e. The molecule has 4 nitrogen and oxygen atoms in total. The second kappa shape index (κ2) is 5.91. The lowest BCUT2D eigenvalue weighted by Crippen LogP contribution is -2.32. The zero-order valence-electron chi connectivity index (χ0n) is 12.9. The average Bonchev–Trinajstić information content (AvgIpc) is 2.74. The zero-order valence-corrected chi connectivity index (χ0v) is 12.9. The summed E-state index contributed by atoms with van der Waals surface area (Å²) in [6, 6.07) is 0. The summed E-state index contributed by atoms with van der Waals surface area (Å²) in [5.74, 6) is 1.73. The Kier molecular flexibility index (Phi) is 3.80. The highest BCUT2D eigenvalue weighted by atomic mass is 15.3. The van der Waals surface area contributed by atoms with E-state index in [1.807, 2.05) is 0 Å². The first-order valence-electron chi connectivity index (χ1n) is 8.77. The monoisotopic (exact) mass is 286 g/mol. The van der Waals surface area contributed by atoms with Crippen LogP contribution in [0.3, 0.4) is 0 Å². The highest BCUT2D eigenvalue weighted by Crippen LogP contribution is 2.38. The van der Waals surface area contributed by atoms with Crippen molar-refractivity contribution < 1.29 is 0 Å². The largest absolute Gasteiger partial charge is 0.341 e. The first kappa shape index (κ1) is 13.5. The van der Waals surface area contributed by atoms with Crippen molar-refractivity contribution in [2.24, 2.45) is 0 Å². The Morgan fingerprint density at radius 2 is 1.76 bits per heavy atom. The Bertz CT molecular complexity index is 502. The van der Waals surface area contributed by atoms with Crippen LogP contribution in [-0.4, -0.2) is 29.6 Å². The van der Waals surface area contributed by atoms with Gasteiger partial charge >= 0.3 is 0 Å². The number of aromatic nitrogens is 2. The molecule has 3 heterocycles. The molecule has 0 atom stereocenters. The van der Waals surface area contributed by atoms with E-state index in [4.69, 9.17) is 9.97 Å². The normalized spacial score (nSPS) is 23.3. The number of hydrogen-bond acceptors (Lipinski definition) is 4. The average molecular weight is 286 g/mol. The SMILES string of the molecule is C1CCCN(c2nc3c(c(C4CCC4)n2)CNCC3)CC1. The van der Waals surface area contributed by atoms with E-state index in [0.29, 0.717) is 5.92 Å². The molecule has 1 aromatic rings. The highest BCUT2D eigenvalue weighted by Gasteiger charge is 2.28. The number of hydrogen-bond donors (Lipinski definition) is 1. The number of nitrogens with zero attached hydrogens (tertiary/aromatic N) is 3. The summed E-state index contributed by atoms with van der Waals surface area (Å²) in [5, 5.41) is 3.50. The van der Waals surface area contributed by atoms with Crippen molar-refractivity contribution in [3.63, 3.8) is 0 Å². The minimum absolute atomic E-state index is 0.701. The molecule has 1 aliphatic carbocycles. The van der Waals surface area contributed by atoms with E-state index in [1.54, 1.807) is 0 Å². The van der Waals surface area contributed by atoms with Crippen LogP contribution in [0.4, 0.5) is 5.95 Å². The summed E-state index contributed by atoms with van der Waals surface area (Å²) in [6.07, 6.45) is 10.4. The molecule has 3 aliphatic rings. The lowest BCUT2D eigenvalue weighted by Gasteiger charge is -2.31. The molecule has 21 heavy (non-hydrogen) atoms. The lowest BCUT2D eigenvalue weighted by molar-refractivity contribution is 0.403. The van der Waals surface area contributed by atoms with Gasteiger partial charge in [-0.1, -0.05) is 19.3 Å². The van der Waals surface area contributed by atoms with Crippen LogP contribution in [-0.2, 0) is 13.0 Å². The molecule has 2 aliphatic heterocycles. The van der Waals surface area contributed by atoms with Gasteiger partial charge in [-0.25, -0.2) is 9.97 Å². The van der Waals surface area contributed by atoms with Gasteiger partial charge < -0.3 is 10.2 Å². The molecule has 2 fully saturated rings. The molecule has 0 unspecified atom stereocenters. The van der Waals surface area contributed by atoms with Gasteiger partial charge in [0.2, 0.25) is 5.95 Å². The standard InChI is InChI=1S/C17H26N4/c1-2-4-11-21(10-3-1)17-19-15-8-9-18-12-14(15)16(20-17)13-6-5-7-13/h13,18H,1-12H2. The van der Waals surface area contributed by atoms with Gasteiger partial charge in [-0.3, -0.25) is 0 Å². The summed E-state index contributed by atoms with van der Waals surface area (Å²) >= 11 is 0. The molecule has 0 amide bonds. The van der Waals surface area contributed by atoms with E-state index in [9.17, 15) is 0 Å². The van der Waals surface area contributed by atoms with Crippen molar-refractivity contribution in [1.29, 1.82) is 0 Å². The molecule has 4 rings (SSSR count). The summed E-state index contributed by atoms with van der Waals surface area (Å²) < 4.78 is 0. The van der Waals surface area contributed by atoms with Crippen molar-refractivity contribution >= 4 is 5.95 Å². The first-order chi connectivity index (χ1) is 10.4. The van der Waals surface area contributed by atoms with E-state index in [2.05, 4.69) is 10.2 Å². The van der Waals surface area contributed by atoms with Crippen LogP contribution in [0.2, 0.25) is 0 Å². The molecule has 4 heteroatoms. The second-order valence-electron chi connectivity index (χ2n) is 6.79. The fourth-order valence-electron chi connectivity index (χ4n) is 3.79. The Labute approximate surface area is 127 Å². The minimum atomic E-state index is 0.701. The van der Waals surface area contributed by atoms with E-state index in [0.717, 1.165) is 38.5 Å². The summed E-state index contributed by atoms with van der Waals surface area (Å²) in [6.45, 7) is 4.32. The fraction of sp³-hybridized carbons (Fsp3) is 0.765. The minimum Gasteiger partial charge on any atom is -0.341 e. The van der Waals surface area contributed by atoms with Crippen molar-refractivity contribution in [2.75, 3.05) is 24.5 Å². The lowest BCUT2D eigenvalue weighted by atomic mass is 9.80. The van der Waals surface area contributed by atoms with E-state index >= 15 is 0 Å². The Balaban J connectivity index is 1.69. The van der Waals surface area contributed by atoms with Crippen molar-refractivity contribution in [3.8, 4) is 0 Å². The zero-order chi connectivity index (χ0) is 14.1. The summed E-state index contributed by atoms with van der Waals surface area (Å²) in [7, 11) is 0. The predicted octanol–water partition coefficient (Wildman–Crippen LogP) is 2.77. The second-order valence-corrected chi connectivity index (χ2v) is 6.79. The van der Waals surface area contributed by atoms with Gasteiger partial charge in [0, 0.05) is 44.1 Å². The Morgan fingerprint density at radius 1 is 0.952 bits per heavy atom. The van der Waals surface area contributed by atoms with Gasteiger partial charge in [-0.2, -0.15) is 0 Å². The van der Waals surface area contributed by atoms with Gasteiger partial charge in [-0.05, 0) is 25.7 Å². The topological polar surface area (TPSA) is 41.1 Å². The Hall–Kier alpha value is -1.16. The quantitative estimate of drug-likeness (QED) is 0.907. The van der Waals surface area contributed by atoms with Crippen LogP contribution in [0.5, 0.6) is 0 Å². The van der Waals surface area contributed by atoms with Gasteiger partial charge in [0.05, 0.1) is 11.4 Å². The van der Waals surface area contributed by atoms with Crippen LogP contribution in [0.1, 0.15) is 67.8 Å². The molecule has 0 radical (unpaired) electrons. The maximum atomic E-state index is 5.05. The molecule has 0 bridgehead atoms. The third kappa shape index (κ3) is 2.66. The predicted molar refractivity (Wildman–Crippen MR) is 84.7 cm³/mol. The molecule has 114 valence electrons. The van der Waals surface area contributed by atoms with Crippen LogP contribution in [0, 0.1) is 0 Å². The van der Waals surface area contributed by atoms with E-state index in [1.165, 1.54) is 61.9 Å². The molecular weight excluding hydrogens is 260 g/mol. The number of nitrogens with one attached hydrogen (secondary N) is 1. The molecule has 0 spiro atoms. The third-order valence-corrected chi connectivity index (χ3v) is 5.33. The molecular formula is C17H26N4. The summed E-state index contributed by atoms with van der Waals surface area (Å²) in [4.78, 5) is 12.4. The van der Waals surface area contributed by atoms with Gasteiger partial charge in [0.25, 0.3) is 0 Å². The molecule has 1 aromatic heterocycles. The molecule has 1 saturated carbocycles. The first-order valence-corrected chi connectivity index (χ1v) is 8.77. The molecule has 0 aromatic carbocycles. The van der Waals surface area contributed by atoms with Crippen LogP contribution in [0.25, 0.3) is 0 Å². The smallest absolute Gasteiger partial charge is 0.225 e. The third-order valence-electron chi connectivity index (χ3n) is 5.33. The van der Waals surface area contributed by atoms with Crippen LogP contribution < -0.4 is 10.2 Å². The van der Waals surface area contributed by atoms with E-state index in [-0.39, 0.29) is 0 Å². The van der Waals surface area contributed by atoms with Crippen molar-refractivity contribution in [3.05, 3.63) is 17.0 Å². The summed E-state index contributed by atoms with van der Waals surface area (Å²) in [5.41, 5.74) is 4.12.